The summed E-state index contributed by atoms with van der Waals surface area (Å²) in [4.78, 5) is 11.3. The second-order valence-corrected chi connectivity index (χ2v) is 7.70. The molecule has 128 valence electrons. The fourth-order valence-electron chi connectivity index (χ4n) is 2.05. The van der Waals surface area contributed by atoms with Gasteiger partial charge in [-0.3, -0.25) is 0 Å². The Kier molecular flexibility index (Phi) is 5.86. The van der Waals surface area contributed by atoms with Gasteiger partial charge >= 0.3 is 5.97 Å². The number of nitrogens with zero attached hydrogens (tertiary/aromatic N) is 2. The average molecular weight is 349 g/mol. The monoisotopic (exact) mass is 349 g/mol. The second kappa shape index (κ2) is 7.87. The molecule has 0 bridgehead atoms. The number of carbonyl (C=O) groups is 1. The molecule has 1 heterocycles. The molecule has 0 amide bonds. The van der Waals surface area contributed by atoms with Crippen molar-refractivity contribution in [3.63, 3.8) is 0 Å². The highest BCUT2D eigenvalue weighted by Gasteiger charge is 2.21. The van der Waals surface area contributed by atoms with E-state index in [1.165, 1.54) is 6.92 Å². The number of hydrogen-bond acceptors (Lipinski definition) is 6. The molecule has 0 spiro atoms. The van der Waals surface area contributed by atoms with Crippen LogP contribution >= 0.6 is 0 Å². The molecule has 1 aromatic carbocycles. The van der Waals surface area contributed by atoms with Gasteiger partial charge in [0.15, 0.2) is 0 Å². The smallest absolute Gasteiger partial charge is 0.326 e. The third-order valence-electron chi connectivity index (χ3n) is 3.51. The van der Waals surface area contributed by atoms with Crippen LogP contribution < -0.4 is 5.32 Å². The van der Waals surface area contributed by atoms with Gasteiger partial charge < -0.3 is 10.4 Å². The molecule has 0 aliphatic rings. The predicted octanol–water partition coefficient (Wildman–Crippen LogP) is 1.83. The fraction of sp³-hybridized carbons (Fsp3) is 0.312. The van der Waals surface area contributed by atoms with Gasteiger partial charge in [0.2, 0.25) is 0 Å². The molecule has 2 aromatic rings. The molecule has 0 aliphatic carbocycles. The number of aliphatic carboxylic acids is 1. The Morgan fingerprint density at radius 2 is 1.88 bits per heavy atom. The normalized spacial score (nSPS) is 12.5. The van der Waals surface area contributed by atoms with E-state index in [2.05, 4.69) is 15.5 Å². The second-order valence-electron chi connectivity index (χ2n) is 5.23. The van der Waals surface area contributed by atoms with Crippen LogP contribution in [0.15, 0.2) is 42.5 Å². The Balaban J connectivity index is 2.06. The third-order valence-corrected chi connectivity index (χ3v) is 5.25. The minimum Gasteiger partial charge on any atom is -0.480 e. The molecule has 0 aliphatic heterocycles. The quantitative estimate of drug-likeness (QED) is 0.748. The lowest BCUT2D eigenvalue weighted by Gasteiger charge is -2.14. The molecule has 1 unspecified atom stereocenters. The van der Waals surface area contributed by atoms with Gasteiger partial charge in [-0.05, 0) is 18.6 Å². The van der Waals surface area contributed by atoms with Crippen molar-refractivity contribution in [2.24, 2.45) is 0 Å². The molecule has 2 rings (SSSR count). The van der Waals surface area contributed by atoms with Crippen molar-refractivity contribution >= 4 is 21.6 Å². The Hall–Kier alpha value is -2.48. The van der Waals surface area contributed by atoms with Crippen molar-refractivity contribution in [3.8, 4) is 11.3 Å². The highest BCUT2D eigenvalue weighted by atomic mass is 32.2. The zero-order chi connectivity index (χ0) is 17.6. The van der Waals surface area contributed by atoms with Gasteiger partial charge in [0.1, 0.15) is 21.7 Å². The molecule has 1 atom stereocenters. The van der Waals surface area contributed by atoms with E-state index in [0.29, 0.717) is 5.69 Å². The first-order valence-corrected chi connectivity index (χ1v) is 9.32. The van der Waals surface area contributed by atoms with Crippen molar-refractivity contribution in [3.05, 3.63) is 42.5 Å². The van der Waals surface area contributed by atoms with Crippen LogP contribution in [0.2, 0.25) is 0 Å². The van der Waals surface area contributed by atoms with E-state index < -0.39 is 21.8 Å². The lowest BCUT2D eigenvalue weighted by molar-refractivity contribution is -0.137. The number of benzene rings is 1. The largest absolute Gasteiger partial charge is 0.480 e. The van der Waals surface area contributed by atoms with Gasteiger partial charge in [-0.2, -0.15) is 0 Å². The van der Waals surface area contributed by atoms with Crippen LogP contribution in [-0.4, -0.2) is 47.2 Å². The van der Waals surface area contributed by atoms with Crippen LogP contribution in [0.5, 0.6) is 0 Å². The molecule has 24 heavy (non-hydrogen) atoms. The highest BCUT2D eigenvalue weighted by Crippen LogP contribution is 2.17. The maximum atomic E-state index is 11.5. The van der Waals surface area contributed by atoms with E-state index in [0.717, 1.165) is 5.56 Å². The van der Waals surface area contributed by atoms with Crippen molar-refractivity contribution < 1.29 is 18.3 Å². The lowest BCUT2D eigenvalue weighted by Crippen LogP contribution is -2.32. The summed E-state index contributed by atoms with van der Waals surface area (Å²) in [5, 5.41) is 20.0. The van der Waals surface area contributed by atoms with Crippen molar-refractivity contribution in [2.75, 3.05) is 16.8 Å². The van der Waals surface area contributed by atoms with Gasteiger partial charge in [-0.1, -0.05) is 37.3 Å². The molecular formula is C16H19N3O4S. The molecule has 0 saturated heterocycles. The molecular weight excluding hydrogens is 330 g/mol. The number of hydrogen-bond donors (Lipinski definition) is 2. The zero-order valence-corrected chi connectivity index (χ0v) is 14.0. The number of carboxylic acids is 1. The van der Waals surface area contributed by atoms with Gasteiger partial charge in [-0.25, -0.2) is 13.2 Å². The number of anilines is 1. The summed E-state index contributed by atoms with van der Waals surface area (Å²) in [6, 6.07) is 11.8. The Bertz CT molecular complexity index is 777. The number of carboxylic acid groups (broad SMARTS) is 1. The fourth-order valence-corrected chi connectivity index (χ4v) is 2.93. The van der Waals surface area contributed by atoms with Crippen LogP contribution in [0.1, 0.15) is 13.3 Å². The molecule has 8 heteroatoms. The van der Waals surface area contributed by atoms with E-state index in [4.69, 9.17) is 0 Å². The summed E-state index contributed by atoms with van der Waals surface area (Å²) in [5.74, 6) is -1.04. The zero-order valence-electron chi connectivity index (χ0n) is 13.2. The first-order chi connectivity index (χ1) is 11.4. The van der Waals surface area contributed by atoms with E-state index in [1.807, 2.05) is 30.3 Å². The predicted molar refractivity (Wildman–Crippen MR) is 91.5 cm³/mol. The maximum absolute atomic E-state index is 11.5. The van der Waals surface area contributed by atoms with Crippen LogP contribution in [-0.2, 0) is 14.6 Å². The van der Waals surface area contributed by atoms with Gasteiger partial charge in [0.05, 0.1) is 11.4 Å². The number of nitrogens with one attached hydrogen (secondary N) is 1. The summed E-state index contributed by atoms with van der Waals surface area (Å²) in [5.41, 5.74) is 1.57. The molecule has 1 aromatic heterocycles. The van der Waals surface area contributed by atoms with Gasteiger partial charge in [0, 0.05) is 11.3 Å². The van der Waals surface area contributed by atoms with Crippen LogP contribution in [0, 0.1) is 0 Å². The Morgan fingerprint density at radius 3 is 2.42 bits per heavy atom. The third kappa shape index (κ3) is 5.02. The van der Waals surface area contributed by atoms with Crippen LogP contribution in [0.4, 0.5) is 5.82 Å². The Morgan fingerprint density at radius 1 is 1.17 bits per heavy atom. The summed E-state index contributed by atoms with van der Waals surface area (Å²) in [7, 11) is -3.22. The van der Waals surface area contributed by atoms with Crippen molar-refractivity contribution in [1.29, 1.82) is 0 Å². The number of rotatable bonds is 8. The first kappa shape index (κ1) is 17.9. The van der Waals surface area contributed by atoms with E-state index >= 15 is 0 Å². The van der Waals surface area contributed by atoms with Crippen molar-refractivity contribution in [2.45, 2.75) is 19.4 Å². The first-order valence-electron chi connectivity index (χ1n) is 7.50. The average Bonchev–Trinajstić information content (AvgIpc) is 2.59. The number of aromatic nitrogens is 2. The SMILES string of the molecule is CCS(=O)(=O)CCC(Nc1ccc(-c2ccccc2)nn1)C(=O)O. The summed E-state index contributed by atoms with van der Waals surface area (Å²) in [6.07, 6.45) is -0.0341. The summed E-state index contributed by atoms with van der Waals surface area (Å²) in [6.45, 7) is 1.53. The Labute approximate surface area is 140 Å². The standard InChI is InChI=1S/C16H19N3O4S/c1-2-24(22,23)11-10-14(16(20)21)17-15-9-8-13(18-19-15)12-6-4-3-5-7-12/h3-9,14H,2,10-11H2,1H3,(H,17,19)(H,20,21). The van der Waals surface area contributed by atoms with Gasteiger partial charge in [0.25, 0.3) is 0 Å². The lowest BCUT2D eigenvalue weighted by atomic mass is 10.1. The minimum absolute atomic E-state index is 0.00901. The highest BCUT2D eigenvalue weighted by molar-refractivity contribution is 7.91. The maximum Gasteiger partial charge on any atom is 0.326 e. The minimum atomic E-state index is -3.22. The summed E-state index contributed by atoms with van der Waals surface area (Å²) >= 11 is 0. The molecule has 7 nitrogen and oxygen atoms in total. The van der Waals surface area contributed by atoms with E-state index in [1.54, 1.807) is 12.1 Å². The topological polar surface area (TPSA) is 109 Å². The molecule has 0 radical (unpaired) electrons. The summed E-state index contributed by atoms with van der Waals surface area (Å²) < 4.78 is 23.1. The van der Waals surface area contributed by atoms with E-state index in [-0.39, 0.29) is 23.7 Å². The van der Waals surface area contributed by atoms with Crippen LogP contribution in [0.25, 0.3) is 11.3 Å². The molecule has 0 saturated carbocycles. The molecule has 0 fully saturated rings. The number of sulfone groups is 1. The van der Waals surface area contributed by atoms with Crippen molar-refractivity contribution in [1.82, 2.24) is 10.2 Å². The van der Waals surface area contributed by atoms with E-state index in [9.17, 15) is 18.3 Å². The van der Waals surface area contributed by atoms with Crippen LogP contribution in [0.3, 0.4) is 0 Å². The van der Waals surface area contributed by atoms with Gasteiger partial charge in [-0.15, -0.1) is 10.2 Å². The molecule has 2 N–H and O–H groups in total.